The Labute approximate surface area is 104 Å². The lowest BCUT2D eigenvalue weighted by Gasteiger charge is -2.26. The van der Waals surface area contributed by atoms with Crippen molar-refractivity contribution >= 4 is 28.6 Å². The molecule has 0 aromatic heterocycles. The third kappa shape index (κ3) is 6.32. The normalized spacial score (nSPS) is 17.7. The maximum atomic E-state index is 11.2. The Balaban J connectivity index is 1.97. The van der Waals surface area contributed by atoms with Crippen molar-refractivity contribution in [2.45, 2.75) is 12.8 Å². The van der Waals surface area contributed by atoms with Crippen molar-refractivity contribution in [1.82, 2.24) is 4.90 Å². The van der Waals surface area contributed by atoms with Crippen LogP contribution in [-0.2, 0) is 14.3 Å². The van der Waals surface area contributed by atoms with Gasteiger partial charge in [0.25, 0.3) is 0 Å². The first-order chi connectivity index (χ1) is 7.33. The van der Waals surface area contributed by atoms with Gasteiger partial charge in [-0.15, -0.1) is 0 Å². The largest absolute Gasteiger partial charge is 0.464 e. The van der Waals surface area contributed by atoms with Crippen molar-refractivity contribution in [2.24, 2.45) is 0 Å². The zero-order chi connectivity index (χ0) is 10.9. The molecule has 0 N–H and O–H groups in total. The Morgan fingerprint density at radius 3 is 2.80 bits per heavy atom. The van der Waals surface area contributed by atoms with Gasteiger partial charge in [-0.3, -0.25) is 9.69 Å². The van der Waals surface area contributed by atoms with E-state index in [2.05, 4.69) is 27.5 Å². The Kier molecular flexibility index (Phi) is 7.29. The Hall–Kier alpha value is 0.120. The molecular weight excluding hydrogens is 309 g/mol. The lowest BCUT2D eigenvalue weighted by atomic mass is 10.3. The van der Waals surface area contributed by atoms with Crippen LogP contribution in [0.15, 0.2) is 0 Å². The first-order valence-electron chi connectivity index (χ1n) is 5.34. The van der Waals surface area contributed by atoms with Gasteiger partial charge in [0.15, 0.2) is 0 Å². The molecule has 0 saturated carbocycles. The van der Waals surface area contributed by atoms with E-state index in [1.165, 1.54) is 0 Å². The molecule has 0 atom stereocenters. The quantitative estimate of drug-likeness (QED) is 0.416. The molecule has 0 spiro atoms. The second-order valence-corrected chi connectivity index (χ2v) is 4.55. The van der Waals surface area contributed by atoms with Gasteiger partial charge in [0, 0.05) is 30.5 Å². The molecule has 1 aliphatic rings. The zero-order valence-electron chi connectivity index (χ0n) is 8.91. The van der Waals surface area contributed by atoms with Gasteiger partial charge in [-0.1, -0.05) is 22.6 Å². The van der Waals surface area contributed by atoms with E-state index in [4.69, 9.17) is 9.47 Å². The van der Waals surface area contributed by atoms with Crippen molar-refractivity contribution in [1.29, 1.82) is 0 Å². The third-order valence-electron chi connectivity index (χ3n) is 2.29. The highest BCUT2D eigenvalue weighted by atomic mass is 127. The first kappa shape index (κ1) is 13.2. The van der Waals surface area contributed by atoms with E-state index in [1.54, 1.807) is 0 Å². The van der Waals surface area contributed by atoms with Crippen molar-refractivity contribution < 1.29 is 14.3 Å². The number of hydrogen-bond acceptors (Lipinski definition) is 4. The van der Waals surface area contributed by atoms with Crippen LogP contribution in [0.25, 0.3) is 0 Å². The van der Waals surface area contributed by atoms with E-state index >= 15 is 0 Å². The van der Waals surface area contributed by atoms with Crippen molar-refractivity contribution in [3.8, 4) is 0 Å². The molecule has 0 aromatic carbocycles. The van der Waals surface area contributed by atoms with E-state index < -0.39 is 0 Å². The van der Waals surface area contributed by atoms with Crippen LogP contribution in [-0.4, -0.2) is 54.8 Å². The molecule has 1 saturated heterocycles. The minimum absolute atomic E-state index is 0.0695. The average molecular weight is 327 g/mol. The molecule has 15 heavy (non-hydrogen) atoms. The summed E-state index contributed by atoms with van der Waals surface area (Å²) in [5.74, 6) is -0.0695. The molecule has 0 unspecified atom stereocenters. The molecule has 0 radical (unpaired) electrons. The summed E-state index contributed by atoms with van der Waals surface area (Å²) in [7, 11) is 0. The maximum absolute atomic E-state index is 11.2. The summed E-state index contributed by atoms with van der Waals surface area (Å²) in [6, 6.07) is 0. The van der Waals surface area contributed by atoms with E-state index in [0.717, 1.165) is 43.7 Å². The number of esters is 1. The minimum atomic E-state index is -0.0695. The van der Waals surface area contributed by atoms with Crippen LogP contribution in [0.1, 0.15) is 12.8 Å². The highest BCUT2D eigenvalue weighted by Gasteiger charge is 2.10. The Morgan fingerprint density at radius 1 is 1.40 bits per heavy atom. The zero-order valence-corrected chi connectivity index (χ0v) is 11.1. The van der Waals surface area contributed by atoms with E-state index in [0.29, 0.717) is 13.0 Å². The monoisotopic (exact) mass is 327 g/mol. The summed E-state index contributed by atoms with van der Waals surface area (Å²) in [5.41, 5.74) is 0. The molecule has 0 amide bonds. The van der Waals surface area contributed by atoms with Gasteiger partial charge in [0.05, 0.1) is 13.2 Å². The Bertz CT molecular complexity index is 184. The van der Waals surface area contributed by atoms with Crippen LogP contribution in [0.3, 0.4) is 0 Å². The average Bonchev–Trinajstić information content (AvgIpc) is 2.28. The third-order valence-corrected chi connectivity index (χ3v) is 3.05. The topological polar surface area (TPSA) is 38.8 Å². The van der Waals surface area contributed by atoms with Crippen LogP contribution < -0.4 is 0 Å². The van der Waals surface area contributed by atoms with Crippen LogP contribution in [0.4, 0.5) is 0 Å². The van der Waals surface area contributed by atoms with Gasteiger partial charge in [-0.25, -0.2) is 0 Å². The van der Waals surface area contributed by atoms with Gasteiger partial charge < -0.3 is 9.47 Å². The number of halogens is 1. The van der Waals surface area contributed by atoms with Crippen LogP contribution in [0, 0.1) is 0 Å². The van der Waals surface area contributed by atoms with E-state index in [-0.39, 0.29) is 5.97 Å². The second-order valence-electron chi connectivity index (χ2n) is 3.47. The molecule has 0 aromatic rings. The molecule has 1 aliphatic heterocycles. The van der Waals surface area contributed by atoms with Crippen LogP contribution >= 0.6 is 22.6 Å². The number of ether oxygens (including phenoxy) is 2. The van der Waals surface area contributed by atoms with Crippen molar-refractivity contribution in [3.05, 3.63) is 0 Å². The highest BCUT2D eigenvalue weighted by molar-refractivity contribution is 14.1. The van der Waals surface area contributed by atoms with Crippen LogP contribution in [0.2, 0.25) is 0 Å². The number of rotatable bonds is 6. The highest BCUT2D eigenvalue weighted by Crippen LogP contribution is 1.99. The molecule has 0 aliphatic carbocycles. The fraction of sp³-hybridized carbons (Fsp3) is 0.900. The second kappa shape index (κ2) is 8.29. The molecule has 1 heterocycles. The smallest absolute Gasteiger partial charge is 0.305 e. The summed E-state index contributed by atoms with van der Waals surface area (Å²) in [5, 5.41) is 0. The predicted octanol–water partition coefficient (Wildman–Crippen LogP) is 1.08. The maximum Gasteiger partial charge on any atom is 0.305 e. The summed E-state index contributed by atoms with van der Waals surface area (Å²) >= 11 is 2.26. The predicted molar refractivity (Wildman–Crippen MR) is 66.3 cm³/mol. The molecular formula is C10H18INO3. The van der Waals surface area contributed by atoms with Gasteiger partial charge in [0.2, 0.25) is 0 Å². The van der Waals surface area contributed by atoms with E-state index in [9.17, 15) is 4.79 Å². The number of nitrogens with zero attached hydrogens (tertiary/aromatic N) is 1. The summed E-state index contributed by atoms with van der Waals surface area (Å²) in [6.45, 7) is 4.83. The minimum Gasteiger partial charge on any atom is -0.464 e. The molecule has 4 nitrogen and oxygen atoms in total. The number of hydrogen-bond donors (Lipinski definition) is 0. The number of morpholine rings is 1. The fourth-order valence-electron chi connectivity index (χ4n) is 1.40. The first-order valence-corrected chi connectivity index (χ1v) is 6.87. The Morgan fingerprint density at radius 2 is 2.13 bits per heavy atom. The summed E-state index contributed by atoms with van der Waals surface area (Å²) < 4.78 is 11.4. The molecule has 1 rings (SSSR count). The van der Waals surface area contributed by atoms with Crippen molar-refractivity contribution in [2.75, 3.05) is 43.9 Å². The fourth-order valence-corrected chi connectivity index (χ4v) is 1.78. The van der Waals surface area contributed by atoms with Gasteiger partial charge in [-0.05, 0) is 6.42 Å². The molecule has 5 heteroatoms. The van der Waals surface area contributed by atoms with Crippen molar-refractivity contribution in [3.63, 3.8) is 0 Å². The SMILES string of the molecule is O=C(CCCI)OCCN1CCOCC1. The summed E-state index contributed by atoms with van der Waals surface area (Å²) in [6.07, 6.45) is 1.46. The van der Waals surface area contributed by atoms with Crippen LogP contribution in [0.5, 0.6) is 0 Å². The van der Waals surface area contributed by atoms with Gasteiger partial charge >= 0.3 is 5.97 Å². The molecule has 88 valence electrons. The summed E-state index contributed by atoms with van der Waals surface area (Å²) in [4.78, 5) is 13.4. The molecule has 1 fully saturated rings. The standard InChI is InChI=1S/C10H18INO3/c11-3-1-2-10(13)15-9-6-12-4-7-14-8-5-12/h1-9H2. The number of alkyl halides is 1. The van der Waals surface area contributed by atoms with Gasteiger partial charge in [0.1, 0.15) is 6.61 Å². The van der Waals surface area contributed by atoms with Gasteiger partial charge in [-0.2, -0.15) is 0 Å². The number of carbonyl (C=O) groups is 1. The molecule has 0 bridgehead atoms. The number of carbonyl (C=O) groups excluding carboxylic acids is 1. The lowest BCUT2D eigenvalue weighted by molar-refractivity contribution is -0.144. The lowest BCUT2D eigenvalue weighted by Crippen LogP contribution is -2.38. The van der Waals surface area contributed by atoms with E-state index in [1.807, 2.05) is 0 Å².